The molecule has 19 heteroatoms. The number of esters is 2. The minimum Gasteiger partial charge on any atom is -0.493 e. The van der Waals surface area contributed by atoms with E-state index in [2.05, 4.69) is 26.1 Å². The molecular formula is C53H57N7O12. The number of furan rings is 1. The summed E-state index contributed by atoms with van der Waals surface area (Å²) in [6.07, 6.45) is 5.89. The van der Waals surface area contributed by atoms with Crippen LogP contribution < -0.4 is 20.7 Å². The number of carbonyl (C=O) groups is 7. The van der Waals surface area contributed by atoms with Crippen LogP contribution >= 0.6 is 0 Å². The topological polar surface area (TPSA) is 240 Å². The Kier molecular flexibility index (Phi) is 19.8. The van der Waals surface area contributed by atoms with E-state index in [1.807, 2.05) is 19.1 Å². The van der Waals surface area contributed by atoms with Crippen LogP contribution in [0.4, 0.5) is 0 Å². The lowest BCUT2D eigenvalue weighted by Gasteiger charge is -2.31. The third-order valence-electron chi connectivity index (χ3n) is 11.4. The quantitative estimate of drug-likeness (QED) is 0.0156. The molecule has 0 saturated heterocycles. The van der Waals surface area contributed by atoms with Crippen LogP contribution in [0.15, 0.2) is 132 Å². The van der Waals surface area contributed by atoms with Gasteiger partial charge in [-0.3, -0.25) is 28.5 Å². The lowest BCUT2D eigenvalue weighted by atomic mass is 9.90. The number of nitrogens with zero attached hydrogens (tertiary/aromatic N) is 4. The molecule has 6 rings (SSSR count). The Balaban J connectivity index is 1.08. The second kappa shape index (κ2) is 27.0. The SMILES string of the molecule is CCCCCC(C(=O)NCNC(=O)c1ccc(-c2ccc(C(=O)NC(CC(=O)OCc3ccccc3)C(=O)OCc3ccccc3)c(OCC)c2)o1)C(CC)N(C=O)OC(=O)c1ccc(-n2cnnc2)cc1. The van der Waals surface area contributed by atoms with Crippen molar-refractivity contribution in [2.75, 3.05) is 13.3 Å². The minimum absolute atomic E-state index is 0.0315. The number of hydroxylamine groups is 2. The van der Waals surface area contributed by atoms with E-state index in [0.29, 0.717) is 36.1 Å². The van der Waals surface area contributed by atoms with Gasteiger partial charge >= 0.3 is 17.9 Å². The molecule has 0 spiro atoms. The van der Waals surface area contributed by atoms with Crippen LogP contribution in [0.1, 0.15) is 102 Å². The lowest BCUT2D eigenvalue weighted by Crippen LogP contribution is -2.49. The number of aromatic nitrogens is 3. The maximum absolute atomic E-state index is 13.8. The summed E-state index contributed by atoms with van der Waals surface area (Å²) in [5, 5.41) is 16.4. The normalized spacial score (nSPS) is 12.0. The fourth-order valence-corrected chi connectivity index (χ4v) is 7.58. The molecular weight excluding hydrogens is 927 g/mol. The zero-order chi connectivity index (χ0) is 51.2. The summed E-state index contributed by atoms with van der Waals surface area (Å²) in [6.45, 7) is 5.26. The summed E-state index contributed by atoms with van der Waals surface area (Å²) in [4.78, 5) is 98.4. The second-order valence-electron chi connectivity index (χ2n) is 16.3. The molecule has 3 N–H and O–H groups in total. The summed E-state index contributed by atoms with van der Waals surface area (Å²) in [5.74, 6) is -4.73. The highest BCUT2D eigenvalue weighted by Crippen LogP contribution is 2.30. The highest BCUT2D eigenvalue weighted by molar-refractivity contribution is 6.00. The highest BCUT2D eigenvalue weighted by atomic mass is 16.7. The smallest absolute Gasteiger partial charge is 0.363 e. The minimum atomic E-state index is -1.41. The van der Waals surface area contributed by atoms with Gasteiger partial charge in [-0.1, -0.05) is 99.8 Å². The average Bonchev–Trinajstić information content (AvgIpc) is 4.14. The Morgan fingerprint density at radius 1 is 0.764 bits per heavy atom. The number of hydrogen-bond donors (Lipinski definition) is 3. The first-order chi connectivity index (χ1) is 35.0. The molecule has 19 nitrogen and oxygen atoms in total. The number of ether oxygens (including phenoxy) is 3. The van der Waals surface area contributed by atoms with Gasteiger partial charge in [0.2, 0.25) is 12.3 Å². The van der Waals surface area contributed by atoms with Crippen molar-refractivity contribution < 1.29 is 57.0 Å². The van der Waals surface area contributed by atoms with Gasteiger partial charge in [-0.15, -0.1) is 10.2 Å². The van der Waals surface area contributed by atoms with Crippen molar-refractivity contribution in [3.63, 3.8) is 0 Å². The Morgan fingerprint density at radius 3 is 2.08 bits per heavy atom. The van der Waals surface area contributed by atoms with Crippen LogP contribution in [-0.4, -0.2) is 87.2 Å². The summed E-state index contributed by atoms with van der Waals surface area (Å²) >= 11 is 0. The molecule has 376 valence electrons. The Morgan fingerprint density at radius 2 is 1.44 bits per heavy atom. The van der Waals surface area contributed by atoms with E-state index >= 15 is 0 Å². The van der Waals surface area contributed by atoms with Crippen molar-refractivity contribution in [1.82, 2.24) is 35.8 Å². The molecule has 3 atom stereocenters. The number of carbonyl (C=O) groups excluding carboxylic acids is 7. The third-order valence-corrected chi connectivity index (χ3v) is 11.4. The van der Waals surface area contributed by atoms with Gasteiger partial charge in [0.25, 0.3) is 11.8 Å². The maximum Gasteiger partial charge on any atom is 0.363 e. The Hall–Kier alpha value is -8.61. The van der Waals surface area contributed by atoms with E-state index in [-0.39, 0.29) is 61.3 Å². The van der Waals surface area contributed by atoms with Gasteiger partial charge in [-0.25, -0.2) is 9.59 Å². The summed E-state index contributed by atoms with van der Waals surface area (Å²) in [6, 6.07) is 29.7. The van der Waals surface area contributed by atoms with Gasteiger partial charge in [0, 0.05) is 11.3 Å². The largest absolute Gasteiger partial charge is 0.493 e. The fourth-order valence-electron chi connectivity index (χ4n) is 7.58. The molecule has 0 aliphatic heterocycles. The molecule has 0 radical (unpaired) electrons. The first-order valence-corrected chi connectivity index (χ1v) is 23.6. The van der Waals surface area contributed by atoms with E-state index in [9.17, 15) is 33.6 Å². The summed E-state index contributed by atoms with van der Waals surface area (Å²) in [7, 11) is 0. The number of amides is 4. The molecule has 2 aromatic heterocycles. The van der Waals surface area contributed by atoms with Gasteiger partial charge in [-0.2, -0.15) is 5.06 Å². The van der Waals surface area contributed by atoms with Gasteiger partial charge in [0.05, 0.1) is 42.8 Å². The first kappa shape index (κ1) is 52.8. The van der Waals surface area contributed by atoms with Crippen molar-refractivity contribution in [1.29, 1.82) is 0 Å². The molecule has 0 bridgehead atoms. The van der Waals surface area contributed by atoms with Crippen LogP contribution in [0.25, 0.3) is 17.0 Å². The number of hydrogen-bond acceptors (Lipinski definition) is 14. The summed E-state index contributed by atoms with van der Waals surface area (Å²) < 4.78 is 24.3. The zero-order valence-electron chi connectivity index (χ0n) is 40.2. The van der Waals surface area contributed by atoms with Crippen LogP contribution in [0.2, 0.25) is 0 Å². The number of nitrogens with one attached hydrogen (secondary N) is 3. The highest BCUT2D eigenvalue weighted by Gasteiger charge is 2.34. The predicted molar refractivity (Wildman–Crippen MR) is 261 cm³/mol. The van der Waals surface area contributed by atoms with Gasteiger partial charge in [0.1, 0.15) is 43.4 Å². The van der Waals surface area contributed by atoms with Gasteiger partial charge in [0.15, 0.2) is 5.76 Å². The van der Waals surface area contributed by atoms with Crippen LogP contribution in [-0.2, 0) is 46.7 Å². The van der Waals surface area contributed by atoms with E-state index in [4.69, 9.17) is 23.5 Å². The molecule has 0 saturated carbocycles. The van der Waals surface area contributed by atoms with Crippen molar-refractivity contribution in [3.05, 3.63) is 156 Å². The lowest BCUT2D eigenvalue weighted by molar-refractivity contribution is -0.171. The van der Waals surface area contributed by atoms with E-state index in [0.717, 1.165) is 23.5 Å². The van der Waals surface area contributed by atoms with Crippen molar-refractivity contribution in [3.8, 4) is 22.8 Å². The Bertz CT molecular complexity index is 2730. The van der Waals surface area contributed by atoms with E-state index < -0.39 is 60.1 Å². The van der Waals surface area contributed by atoms with Crippen molar-refractivity contribution >= 4 is 42.0 Å². The van der Waals surface area contributed by atoms with Crippen molar-refractivity contribution in [2.24, 2.45) is 5.92 Å². The molecule has 2 heterocycles. The zero-order valence-corrected chi connectivity index (χ0v) is 40.2. The monoisotopic (exact) mass is 983 g/mol. The van der Waals surface area contributed by atoms with Crippen LogP contribution in [0.5, 0.6) is 5.75 Å². The third kappa shape index (κ3) is 14.9. The molecule has 72 heavy (non-hydrogen) atoms. The summed E-state index contributed by atoms with van der Waals surface area (Å²) in [5.41, 5.74) is 2.82. The van der Waals surface area contributed by atoms with Gasteiger partial charge < -0.3 is 39.4 Å². The predicted octanol–water partition coefficient (Wildman–Crippen LogP) is 6.91. The number of unbranched alkanes of at least 4 members (excludes halogenated alkanes) is 2. The second-order valence-corrected chi connectivity index (χ2v) is 16.3. The molecule has 6 aromatic rings. The molecule has 4 aromatic carbocycles. The molecule has 4 amide bonds. The van der Waals surface area contributed by atoms with Crippen molar-refractivity contribution in [2.45, 2.75) is 84.6 Å². The number of benzene rings is 4. The van der Waals surface area contributed by atoms with Crippen LogP contribution in [0.3, 0.4) is 0 Å². The molecule has 0 aliphatic carbocycles. The van der Waals surface area contributed by atoms with E-state index in [1.165, 1.54) is 43.0 Å². The number of rotatable bonds is 27. The molecule has 0 aliphatic rings. The first-order valence-electron chi connectivity index (χ1n) is 23.6. The van der Waals surface area contributed by atoms with Crippen LogP contribution in [0, 0.1) is 5.92 Å². The van der Waals surface area contributed by atoms with E-state index in [1.54, 1.807) is 91.2 Å². The Labute approximate surface area is 416 Å². The fraction of sp³-hybridized carbons (Fsp3) is 0.302. The standard InChI is InChI=1S/C53H57N7O12/c1-4-7-10-19-41(44(5-2)60(35-61)72-52(66)38-20-23-40(24-21-38)59-33-56-57-34-59)49(63)54-32-55-51(65)46-27-26-45(71-46)39-22-25-42(47(28-39)68-6-3)50(64)58-43(53(67)70-31-37-17-13-9-14-18-37)29-48(62)69-30-36-15-11-8-12-16-36/h8-9,11-18,20-28,33-35,41,43-44H,4-7,10,19,29-32H2,1-3H3,(H,54,63)(H,55,65)(H,58,64). The van der Waals surface area contributed by atoms with Gasteiger partial charge in [-0.05, 0) is 79.4 Å². The average molecular weight is 984 g/mol. The molecule has 3 unspecified atom stereocenters. The molecule has 0 fully saturated rings. The maximum atomic E-state index is 13.8.